The van der Waals surface area contributed by atoms with E-state index in [4.69, 9.17) is 5.73 Å². The van der Waals surface area contributed by atoms with Crippen molar-refractivity contribution in [3.05, 3.63) is 28.2 Å². The highest BCUT2D eigenvalue weighted by Crippen LogP contribution is 2.21. The van der Waals surface area contributed by atoms with Gasteiger partial charge in [-0.25, -0.2) is 0 Å². The quantitative estimate of drug-likeness (QED) is 0.889. The Morgan fingerprint density at radius 3 is 3.19 bits per heavy atom. The molecule has 0 spiro atoms. The molecule has 0 amide bonds. The van der Waals surface area contributed by atoms with Crippen molar-refractivity contribution in [2.75, 3.05) is 11.4 Å². The SMILES string of the molecule is CC1C(N)CCCN1c1n[nH]c(CCCc2cccs2)n1. The first kappa shape index (κ1) is 14.5. The maximum Gasteiger partial charge on any atom is 0.244 e. The number of thiophene rings is 1. The smallest absolute Gasteiger partial charge is 0.244 e. The summed E-state index contributed by atoms with van der Waals surface area (Å²) in [5.41, 5.74) is 6.14. The Kier molecular flexibility index (Phi) is 4.55. The summed E-state index contributed by atoms with van der Waals surface area (Å²) in [7, 11) is 0. The van der Waals surface area contributed by atoms with Gasteiger partial charge in [0.1, 0.15) is 5.82 Å². The van der Waals surface area contributed by atoms with Gasteiger partial charge in [-0.3, -0.25) is 5.10 Å². The van der Waals surface area contributed by atoms with Crippen LogP contribution in [0.4, 0.5) is 5.95 Å². The van der Waals surface area contributed by atoms with Gasteiger partial charge in [0.2, 0.25) is 5.95 Å². The van der Waals surface area contributed by atoms with E-state index in [2.05, 4.69) is 44.5 Å². The lowest BCUT2D eigenvalue weighted by Gasteiger charge is -2.36. The molecule has 5 nitrogen and oxygen atoms in total. The fraction of sp³-hybridized carbons (Fsp3) is 0.600. The molecule has 6 heteroatoms. The van der Waals surface area contributed by atoms with Gasteiger partial charge in [-0.1, -0.05) is 6.07 Å². The van der Waals surface area contributed by atoms with E-state index in [1.165, 1.54) is 4.88 Å². The third kappa shape index (κ3) is 3.44. The molecule has 21 heavy (non-hydrogen) atoms. The maximum absolute atomic E-state index is 6.14. The number of nitrogens with zero attached hydrogens (tertiary/aromatic N) is 3. The van der Waals surface area contributed by atoms with E-state index in [1.807, 2.05) is 11.3 Å². The Bertz CT molecular complexity index is 550. The van der Waals surface area contributed by atoms with Crippen LogP contribution >= 0.6 is 11.3 Å². The number of hydrogen-bond acceptors (Lipinski definition) is 5. The molecule has 0 bridgehead atoms. The molecule has 0 radical (unpaired) electrons. The minimum absolute atomic E-state index is 0.222. The first-order valence-electron chi connectivity index (χ1n) is 7.70. The summed E-state index contributed by atoms with van der Waals surface area (Å²) in [5.74, 6) is 1.79. The molecule has 2 atom stereocenters. The van der Waals surface area contributed by atoms with Gasteiger partial charge < -0.3 is 10.6 Å². The molecule has 1 fully saturated rings. The maximum atomic E-state index is 6.14. The summed E-state index contributed by atoms with van der Waals surface area (Å²) < 4.78 is 0. The molecule has 0 aromatic carbocycles. The van der Waals surface area contributed by atoms with E-state index in [0.717, 1.165) is 50.4 Å². The van der Waals surface area contributed by atoms with Gasteiger partial charge in [-0.2, -0.15) is 4.98 Å². The summed E-state index contributed by atoms with van der Waals surface area (Å²) in [5, 5.41) is 9.58. The zero-order chi connectivity index (χ0) is 14.7. The van der Waals surface area contributed by atoms with Gasteiger partial charge in [0.25, 0.3) is 0 Å². The Morgan fingerprint density at radius 1 is 1.48 bits per heavy atom. The van der Waals surface area contributed by atoms with Gasteiger partial charge >= 0.3 is 0 Å². The summed E-state index contributed by atoms with van der Waals surface area (Å²) in [6, 6.07) is 4.83. The van der Waals surface area contributed by atoms with Crippen molar-refractivity contribution < 1.29 is 0 Å². The van der Waals surface area contributed by atoms with Crippen molar-refractivity contribution in [3.63, 3.8) is 0 Å². The van der Waals surface area contributed by atoms with Crippen molar-refractivity contribution >= 4 is 17.3 Å². The number of aryl methyl sites for hydroxylation is 2. The fourth-order valence-corrected chi connectivity index (χ4v) is 3.62. The fourth-order valence-electron chi connectivity index (χ4n) is 2.87. The minimum Gasteiger partial charge on any atom is -0.335 e. The van der Waals surface area contributed by atoms with Crippen molar-refractivity contribution in [2.45, 2.75) is 51.1 Å². The van der Waals surface area contributed by atoms with Crippen molar-refractivity contribution in [3.8, 4) is 0 Å². The van der Waals surface area contributed by atoms with Crippen LogP contribution in [0.15, 0.2) is 17.5 Å². The molecule has 0 aliphatic carbocycles. The molecule has 3 N–H and O–H groups in total. The van der Waals surface area contributed by atoms with Crippen LogP contribution in [0, 0.1) is 0 Å². The Morgan fingerprint density at radius 2 is 2.38 bits per heavy atom. The molecule has 3 heterocycles. The molecule has 1 aliphatic rings. The summed E-state index contributed by atoms with van der Waals surface area (Å²) >= 11 is 1.82. The normalized spacial score (nSPS) is 22.7. The monoisotopic (exact) mass is 305 g/mol. The Labute approximate surface area is 129 Å². The van der Waals surface area contributed by atoms with E-state index >= 15 is 0 Å². The first-order chi connectivity index (χ1) is 10.2. The first-order valence-corrected chi connectivity index (χ1v) is 8.58. The van der Waals surface area contributed by atoms with Gasteiger partial charge in [0.15, 0.2) is 0 Å². The Balaban J connectivity index is 1.55. The second-order valence-electron chi connectivity index (χ2n) is 5.76. The number of aromatic amines is 1. The highest BCUT2D eigenvalue weighted by Gasteiger charge is 2.27. The lowest BCUT2D eigenvalue weighted by molar-refractivity contribution is 0.416. The topological polar surface area (TPSA) is 70.8 Å². The average molecular weight is 305 g/mol. The van der Waals surface area contributed by atoms with Gasteiger partial charge in [-0.15, -0.1) is 16.4 Å². The molecule has 1 saturated heterocycles. The van der Waals surface area contributed by atoms with Crippen molar-refractivity contribution in [2.24, 2.45) is 5.73 Å². The van der Waals surface area contributed by atoms with Crippen LogP contribution in [0.5, 0.6) is 0 Å². The third-order valence-corrected chi connectivity index (χ3v) is 5.18. The molecule has 3 rings (SSSR count). The highest BCUT2D eigenvalue weighted by molar-refractivity contribution is 7.09. The zero-order valence-corrected chi connectivity index (χ0v) is 13.3. The second-order valence-corrected chi connectivity index (χ2v) is 6.79. The number of piperidine rings is 1. The molecular formula is C15H23N5S. The van der Waals surface area contributed by atoms with Crippen LogP contribution in [-0.2, 0) is 12.8 Å². The lowest BCUT2D eigenvalue weighted by Crippen LogP contribution is -2.50. The van der Waals surface area contributed by atoms with Gasteiger partial charge in [0, 0.05) is 29.9 Å². The number of anilines is 1. The molecule has 0 saturated carbocycles. The van der Waals surface area contributed by atoms with Crippen LogP contribution in [0.25, 0.3) is 0 Å². The zero-order valence-electron chi connectivity index (χ0n) is 12.5. The predicted octanol–water partition coefficient (Wildman–Crippen LogP) is 2.36. The van der Waals surface area contributed by atoms with Crippen molar-refractivity contribution in [1.82, 2.24) is 15.2 Å². The van der Waals surface area contributed by atoms with Crippen LogP contribution in [-0.4, -0.2) is 33.8 Å². The van der Waals surface area contributed by atoms with Crippen LogP contribution in [0.3, 0.4) is 0 Å². The van der Waals surface area contributed by atoms with Gasteiger partial charge in [-0.05, 0) is 44.1 Å². The van der Waals surface area contributed by atoms with Crippen LogP contribution in [0.1, 0.15) is 36.9 Å². The number of H-pyrrole nitrogens is 1. The number of nitrogens with one attached hydrogen (secondary N) is 1. The molecular weight excluding hydrogens is 282 g/mol. The van der Waals surface area contributed by atoms with E-state index in [1.54, 1.807) is 0 Å². The second kappa shape index (κ2) is 6.58. The Hall–Kier alpha value is -1.40. The number of rotatable bonds is 5. The lowest BCUT2D eigenvalue weighted by atomic mass is 9.99. The molecule has 2 aromatic heterocycles. The molecule has 1 aliphatic heterocycles. The number of hydrogen-bond donors (Lipinski definition) is 2. The van der Waals surface area contributed by atoms with Gasteiger partial charge in [0.05, 0.1) is 0 Å². The highest BCUT2D eigenvalue weighted by atomic mass is 32.1. The predicted molar refractivity (Wildman–Crippen MR) is 86.7 cm³/mol. The van der Waals surface area contributed by atoms with E-state index in [0.29, 0.717) is 6.04 Å². The summed E-state index contributed by atoms with van der Waals surface area (Å²) in [6.45, 7) is 3.16. The average Bonchev–Trinajstić information content (AvgIpc) is 3.14. The van der Waals surface area contributed by atoms with E-state index in [-0.39, 0.29) is 6.04 Å². The summed E-state index contributed by atoms with van der Waals surface area (Å²) in [6.07, 6.45) is 5.37. The molecule has 2 unspecified atom stereocenters. The van der Waals surface area contributed by atoms with E-state index in [9.17, 15) is 0 Å². The van der Waals surface area contributed by atoms with E-state index < -0.39 is 0 Å². The number of aromatic nitrogens is 3. The summed E-state index contributed by atoms with van der Waals surface area (Å²) in [4.78, 5) is 8.31. The van der Waals surface area contributed by atoms with Crippen LogP contribution < -0.4 is 10.6 Å². The van der Waals surface area contributed by atoms with Crippen molar-refractivity contribution in [1.29, 1.82) is 0 Å². The molecule has 2 aromatic rings. The molecule has 114 valence electrons. The number of nitrogens with two attached hydrogens (primary N) is 1. The third-order valence-electron chi connectivity index (χ3n) is 4.24. The standard InChI is InChI=1S/C15H23N5S/c1-11-13(16)7-3-9-20(11)15-17-14(18-19-15)8-2-5-12-6-4-10-21-12/h4,6,10-11,13H,2-3,5,7-9,16H2,1H3,(H,17,18,19). The van der Waals surface area contributed by atoms with Crippen LogP contribution in [0.2, 0.25) is 0 Å². The largest absolute Gasteiger partial charge is 0.335 e. The minimum atomic E-state index is 0.222.